The minimum atomic E-state index is -1.11. The Morgan fingerprint density at radius 3 is 2.04 bits per heavy atom. The molecule has 6 heterocycles. The van der Waals surface area contributed by atoms with Crippen molar-refractivity contribution in [3.8, 4) is 11.5 Å². The van der Waals surface area contributed by atoms with Gasteiger partial charge in [0.25, 0.3) is 5.91 Å². The lowest BCUT2D eigenvalue weighted by atomic mass is 9.91. The van der Waals surface area contributed by atoms with Crippen LogP contribution in [0.5, 0.6) is 11.5 Å². The number of fused-ring (bicyclic) bond motifs is 2. The van der Waals surface area contributed by atoms with E-state index in [1.807, 2.05) is 44.4 Å². The Balaban J connectivity index is 1.05. The molecule has 6 aromatic rings. The second-order valence-electron chi connectivity index (χ2n) is 19.1. The Kier molecular flexibility index (Phi) is 14.8. The summed E-state index contributed by atoms with van der Waals surface area (Å²) in [5.41, 5.74) is 14.2. The molecule has 1 spiro atoms. The van der Waals surface area contributed by atoms with Gasteiger partial charge in [0.05, 0.1) is 55.8 Å². The third kappa shape index (κ3) is 11.4. The predicted octanol–water partition coefficient (Wildman–Crippen LogP) is 4.03. The molecule has 0 aliphatic carbocycles. The largest absolute Gasteiger partial charge is 0.494 e. The normalized spacial score (nSPS) is 14.8. The number of likely N-dealkylation sites (tertiary alicyclic amines) is 1. The van der Waals surface area contributed by atoms with Crippen molar-refractivity contribution < 1.29 is 48.0 Å². The van der Waals surface area contributed by atoms with E-state index in [0.717, 1.165) is 0 Å². The van der Waals surface area contributed by atoms with Crippen molar-refractivity contribution in [3.05, 3.63) is 82.5 Å². The summed E-state index contributed by atoms with van der Waals surface area (Å²) in [6, 6.07) is 9.40. The summed E-state index contributed by atoms with van der Waals surface area (Å²) in [5, 5.41) is 24.8. The number of rotatable bonds is 20. The van der Waals surface area contributed by atoms with Gasteiger partial charge in [-0.2, -0.15) is 10.2 Å². The second-order valence-corrected chi connectivity index (χ2v) is 19.1. The number of aromatic nitrogens is 8. The number of aromatic carboxylic acids is 1. The minimum Gasteiger partial charge on any atom is -0.494 e. The highest BCUT2D eigenvalue weighted by Gasteiger charge is 2.48. The fourth-order valence-corrected chi connectivity index (χ4v) is 9.17. The molecule has 2 saturated heterocycles. The van der Waals surface area contributed by atoms with E-state index in [1.165, 1.54) is 30.0 Å². The van der Waals surface area contributed by atoms with E-state index in [-0.39, 0.29) is 61.6 Å². The average Bonchev–Trinajstić information content (AvgIpc) is 4.09. The summed E-state index contributed by atoms with van der Waals surface area (Å²) >= 11 is 0. The number of nitrogens with two attached hydrogens (primary N) is 2. The number of imidazole rings is 2. The Hall–Kier alpha value is -7.99. The summed E-state index contributed by atoms with van der Waals surface area (Å²) in [4.78, 5) is 77.1. The molecule has 24 nitrogen and oxygen atoms in total. The van der Waals surface area contributed by atoms with Crippen LogP contribution in [-0.2, 0) is 35.7 Å². The number of carboxylic acid groups (broad SMARTS) is 1. The SMILES string of the molecule is CCn1nc(C)cc1C(=O)Nc1nc2cc(C(N)=O)cc(OC)c2n1C/C=C/Cn1c(NCCn2nc(C)cc2C(=O)O)nc2cc(C(N)=O)cc(OCCCN3CC4(C3)CN(C(=O)OC(C)(C)C)CCO4)c21. The average molecular weight is 1010 g/mol. The molecule has 0 saturated carbocycles. The van der Waals surface area contributed by atoms with Gasteiger partial charge in [-0.25, -0.2) is 19.6 Å². The van der Waals surface area contributed by atoms with Crippen LogP contribution < -0.4 is 31.6 Å². The molecule has 0 unspecified atom stereocenters. The highest BCUT2D eigenvalue weighted by molar-refractivity contribution is 6.04. The molecule has 2 aliphatic heterocycles. The van der Waals surface area contributed by atoms with Gasteiger partial charge in [0, 0.05) is 63.5 Å². The first kappa shape index (κ1) is 51.4. The number of carbonyl (C=O) groups excluding carboxylic acids is 4. The maximum atomic E-state index is 13.8. The highest BCUT2D eigenvalue weighted by Crippen LogP contribution is 2.34. The van der Waals surface area contributed by atoms with E-state index in [4.69, 9.17) is 40.4 Å². The van der Waals surface area contributed by atoms with Crippen LogP contribution in [0, 0.1) is 13.8 Å². The van der Waals surface area contributed by atoms with Crippen molar-refractivity contribution in [1.29, 1.82) is 0 Å². The maximum absolute atomic E-state index is 13.8. The lowest BCUT2D eigenvalue weighted by Crippen LogP contribution is -2.70. The fraction of sp³-hybridized carbons (Fsp3) is 0.449. The molecular formula is C49H62N14O10. The molecule has 0 bridgehead atoms. The number of benzene rings is 2. The molecule has 0 atom stereocenters. The maximum Gasteiger partial charge on any atom is 0.410 e. The Bertz CT molecular complexity index is 3120. The molecule has 8 rings (SSSR count). The molecule has 7 N–H and O–H groups in total. The van der Waals surface area contributed by atoms with Crippen molar-refractivity contribution in [2.24, 2.45) is 11.5 Å². The minimum absolute atomic E-state index is 0.0381. The van der Waals surface area contributed by atoms with E-state index in [9.17, 15) is 29.1 Å². The molecule has 24 heteroatoms. The van der Waals surface area contributed by atoms with E-state index in [2.05, 4.69) is 25.7 Å². The number of ether oxygens (including phenoxy) is 4. The smallest absolute Gasteiger partial charge is 0.410 e. The van der Waals surface area contributed by atoms with Crippen LogP contribution in [0.3, 0.4) is 0 Å². The molecule has 73 heavy (non-hydrogen) atoms. The van der Waals surface area contributed by atoms with Crippen molar-refractivity contribution >= 4 is 63.7 Å². The number of allylic oxidation sites excluding steroid dienone is 2. The Labute approximate surface area is 420 Å². The number of amides is 4. The van der Waals surface area contributed by atoms with Gasteiger partial charge >= 0.3 is 12.1 Å². The molecule has 0 radical (unpaired) electrons. The van der Waals surface area contributed by atoms with Crippen LogP contribution in [-0.4, -0.2) is 154 Å². The fourth-order valence-electron chi connectivity index (χ4n) is 9.17. The van der Waals surface area contributed by atoms with Crippen LogP contribution in [0.2, 0.25) is 0 Å². The summed E-state index contributed by atoms with van der Waals surface area (Å²) < 4.78 is 30.6. The summed E-state index contributed by atoms with van der Waals surface area (Å²) in [5.74, 6) is -1.68. The summed E-state index contributed by atoms with van der Waals surface area (Å²) in [6.45, 7) is 15.7. The van der Waals surface area contributed by atoms with Gasteiger partial charge in [-0.05, 0) is 84.4 Å². The van der Waals surface area contributed by atoms with Gasteiger partial charge in [0.1, 0.15) is 45.1 Å². The predicted molar refractivity (Wildman–Crippen MR) is 268 cm³/mol. The standard InChI is InChI=1S/C49H62N14O10/c1-8-62-35(20-29(2)56-62)43(66)55-46-54-33-22-31(41(50)64)24-37(70-7)39(33)61(46)15-10-9-14-60-40-34(53-45(60)52-12-16-63-36(44(67)68)21-30(3)57-63)23-32(42(51)65)25-38(40)71-18-11-13-58-26-49(27-58)28-59(17-19-72-49)47(69)73-48(4,5)6/h9-10,20-25H,8,11-19,26-28H2,1-7H3,(H2,50,64)(H2,51,65)(H,52,53)(H,67,68)(H,54,55,66)/b10-9+. The highest BCUT2D eigenvalue weighted by atomic mass is 16.6. The number of anilines is 2. The van der Waals surface area contributed by atoms with Crippen molar-refractivity contribution in [3.63, 3.8) is 0 Å². The molecule has 4 aromatic heterocycles. The number of methoxy groups -OCH3 is 1. The van der Waals surface area contributed by atoms with Crippen molar-refractivity contribution in [2.75, 3.05) is 70.2 Å². The number of nitrogens with one attached hydrogen (secondary N) is 2. The first-order valence-corrected chi connectivity index (χ1v) is 24.0. The van der Waals surface area contributed by atoms with Gasteiger partial charge in [-0.15, -0.1) is 0 Å². The van der Waals surface area contributed by atoms with Gasteiger partial charge in [-0.1, -0.05) is 12.2 Å². The van der Waals surface area contributed by atoms with Crippen LogP contribution in [0.25, 0.3) is 22.1 Å². The van der Waals surface area contributed by atoms with E-state index < -0.39 is 34.9 Å². The monoisotopic (exact) mass is 1010 g/mol. The number of carboxylic acids is 1. The zero-order valence-corrected chi connectivity index (χ0v) is 42.1. The molecule has 4 amide bonds. The molecule has 388 valence electrons. The van der Waals surface area contributed by atoms with Gasteiger partial charge in [-0.3, -0.25) is 34.0 Å². The van der Waals surface area contributed by atoms with E-state index in [1.54, 1.807) is 46.2 Å². The number of nitrogens with zero attached hydrogens (tertiary/aromatic N) is 10. The van der Waals surface area contributed by atoms with Crippen LogP contribution in [0.15, 0.2) is 48.6 Å². The van der Waals surface area contributed by atoms with Crippen LogP contribution >= 0.6 is 0 Å². The number of aryl methyl sites for hydroxylation is 3. The van der Waals surface area contributed by atoms with E-state index >= 15 is 0 Å². The third-order valence-corrected chi connectivity index (χ3v) is 12.3. The zero-order chi connectivity index (χ0) is 52.4. The summed E-state index contributed by atoms with van der Waals surface area (Å²) in [7, 11) is 1.46. The number of primary amides is 2. The topological polar surface area (TPSA) is 296 Å². The lowest BCUT2D eigenvalue weighted by molar-refractivity contribution is -0.180. The van der Waals surface area contributed by atoms with Crippen molar-refractivity contribution in [1.82, 2.24) is 48.5 Å². The quantitative estimate of drug-likeness (QED) is 0.0533. The molecule has 2 aromatic carbocycles. The van der Waals surface area contributed by atoms with Gasteiger partial charge in [0.2, 0.25) is 23.7 Å². The number of hydrogen-bond donors (Lipinski definition) is 5. The van der Waals surface area contributed by atoms with Crippen LogP contribution in [0.1, 0.15) is 87.2 Å². The Morgan fingerprint density at radius 2 is 1.42 bits per heavy atom. The second kappa shape index (κ2) is 21.0. The van der Waals surface area contributed by atoms with Crippen molar-refractivity contribution in [2.45, 2.75) is 85.3 Å². The molecule has 2 aliphatic rings. The molecule has 2 fully saturated rings. The molecular weight excluding hydrogens is 945 g/mol. The third-order valence-electron chi connectivity index (χ3n) is 12.3. The van der Waals surface area contributed by atoms with Gasteiger partial charge < -0.3 is 54.9 Å². The Morgan fingerprint density at radius 1 is 0.822 bits per heavy atom. The summed E-state index contributed by atoms with van der Waals surface area (Å²) in [6.07, 6.45) is 4.01. The number of morpholine rings is 1. The first-order chi connectivity index (χ1) is 34.7. The van der Waals surface area contributed by atoms with Gasteiger partial charge in [0.15, 0.2) is 0 Å². The zero-order valence-electron chi connectivity index (χ0n) is 42.1. The number of carbonyl (C=O) groups is 5. The lowest BCUT2D eigenvalue weighted by Gasteiger charge is -2.53. The van der Waals surface area contributed by atoms with E-state index in [0.29, 0.717) is 109 Å². The number of hydrogen-bond acceptors (Lipinski definition) is 15. The first-order valence-electron chi connectivity index (χ1n) is 24.0. The van der Waals surface area contributed by atoms with Crippen LogP contribution in [0.4, 0.5) is 16.7 Å².